The van der Waals surface area contributed by atoms with Gasteiger partial charge in [-0.05, 0) is 117 Å². The van der Waals surface area contributed by atoms with Crippen LogP contribution in [0.15, 0.2) is 42.5 Å². The van der Waals surface area contributed by atoms with Crippen molar-refractivity contribution in [1.82, 2.24) is 60.0 Å². The summed E-state index contributed by atoms with van der Waals surface area (Å²) in [7, 11) is 9.28. The van der Waals surface area contributed by atoms with Gasteiger partial charge in [-0.15, -0.1) is 0 Å². The van der Waals surface area contributed by atoms with E-state index in [4.69, 9.17) is 16.3 Å². The second kappa shape index (κ2) is 35.5. The van der Waals surface area contributed by atoms with Crippen LogP contribution in [0.4, 0.5) is 26.3 Å². The van der Waals surface area contributed by atoms with Gasteiger partial charge in [-0.2, -0.15) is 26.3 Å². The molecule has 0 bridgehead atoms. The Morgan fingerprint density at radius 2 is 1.20 bits per heavy atom. The van der Waals surface area contributed by atoms with Crippen molar-refractivity contribution in [2.75, 3.05) is 102 Å². The number of benzene rings is 2. The number of carbonyl (C=O) groups is 12. The van der Waals surface area contributed by atoms with E-state index in [9.17, 15) is 55.1 Å². The molecule has 8 atom stereocenters. The highest BCUT2D eigenvalue weighted by Gasteiger charge is 2.52. The minimum atomic E-state index is -4.81. The van der Waals surface area contributed by atoms with Gasteiger partial charge in [0, 0.05) is 75.4 Å². The van der Waals surface area contributed by atoms with E-state index in [1.807, 2.05) is 0 Å². The summed E-state index contributed by atoms with van der Waals surface area (Å²) in [6.45, 7) is 1.86. The molecule has 3 saturated carbocycles. The Bertz CT molecular complexity index is 3510. The van der Waals surface area contributed by atoms with Crippen LogP contribution in [0.1, 0.15) is 145 Å². The fourth-order valence-corrected chi connectivity index (χ4v) is 15.7. The number of nitrogens with zero attached hydrogens (tertiary/aromatic N) is 9. The average Bonchev–Trinajstić information content (AvgIpc) is 1.67. The van der Waals surface area contributed by atoms with E-state index in [0.717, 1.165) is 74.9 Å². The van der Waals surface area contributed by atoms with Gasteiger partial charge in [0.15, 0.2) is 0 Å². The van der Waals surface area contributed by atoms with E-state index in [1.165, 1.54) is 73.8 Å². The van der Waals surface area contributed by atoms with E-state index in [0.29, 0.717) is 57.8 Å². The lowest BCUT2D eigenvalue weighted by atomic mass is 9.78. The van der Waals surface area contributed by atoms with Crippen LogP contribution >= 0.6 is 11.6 Å². The predicted molar refractivity (Wildman–Crippen MR) is 372 cm³/mol. The van der Waals surface area contributed by atoms with Crippen molar-refractivity contribution in [2.45, 2.75) is 196 Å². The molecule has 2 aromatic carbocycles. The minimum Gasteiger partial charge on any atom is -0.378 e. The van der Waals surface area contributed by atoms with Gasteiger partial charge in [0.05, 0.1) is 55.4 Å². The summed E-state index contributed by atoms with van der Waals surface area (Å²) in [5, 5.41) is 7.93. The van der Waals surface area contributed by atoms with Crippen molar-refractivity contribution in [3.05, 3.63) is 69.7 Å². The third-order valence-corrected chi connectivity index (χ3v) is 22.6. The Hall–Kier alpha value is -8.09. The molecule has 6 aliphatic rings. The highest BCUT2D eigenvalue weighted by atomic mass is 35.5. The minimum absolute atomic E-state index is 0.0450. The summed E-state index contributed by atoms with van der Waals surface area (Å²) >= 11 is 6.13. The Kier molecular flexibility index (Phi) is 27.9. The Morgan fingerprint density at radius 1 is 0.600 bits per heavy atom. The normalized spacial score (nSPS) is 26.1. The van der Waals surface area contributed by atoms with Gasteiger partial charge in [-0.25, -0.2) is 0 Å². The van der Waals surface area contributed by atoms with E-state index in [2.05, 4.69) is 16.0 Å². The highest BCUT2D eigenvalue weighted by molar-refractivity contribution is 6.31. The summed E-state index contributed by atoms with van der Waals surface area (Å²) < 4.78 is 88.7. The van der Waals surface area contributed by atoms with Crippen LogP contribution in [0, 0.1) is 17.8 Å². The second-order valence-electron chi connectivity index (χ2n) is 29.4. The number of hydrogen-bond acceptors (Lipinski definition) is 13. The third-order valence-electron chi connectivity index (χ3n) is 22.3. The Balaban J connectivity index is 1.18. The smallest absolute Gasteiger partial charge is 0.378 e. The second-order valence-corrected chi connectivity index (χ2v) is 29.8. The largest absolute Gasteiger partial charge is 0.417 e. The molecular weight excluding hydrogens is 1400 g/mol. The van der Waals surface area contributed by atoms with E-state index >= 15 is 28.8 Å². The van der Waals surface area contributed by atoms with Crippen molar-refractivity contribution in [3.63, 3.8) is 0 Å². The molecule has 580 valence electrons. The number of amides is 12. The number of likely N-dealkylation sites (N-methyl/N-ethyl adjacent to an activating group) is 7. The lowest BCUT2D eigenvalue weighted by Gasteiger charge is -2.44. The molecule has 3 saturated heterocycles. The van der Waals surface area contributed by atoms with E-state index < -0.39 is 197 Å². The summed E-state index contributed by atoms with van der Waals surface area (Å²) in [6.07, 6.45) is -4.20. The van der Waals surface area contributed by atoms with Crippen LogP contribution in [0.2, 0.25) is 5.02 Å². The quantitative estimate of drug-likeness (QED) is 0.255. The van der Waals surface area contributed by atoms with Gasteiger partial charge < -0.3 is 64.8 Å². The molecule has 2 aromatic rings. The van der Waals surface area contributed by atoms with Crippen molar-refractivity contribution in [3.8, 4) is 0 Å². The monoisotopic (exact) mass is 1500 g/mol. The molecule has 3 aliphatic carbocycles. The maximum atomic E-state index is 15.8. The first-order valence-corrected chi connectivity index (χ1v) is 36.8. The summed E-state index contributed by atoms with van der Waals surface area (Å²) in [5.74, 6) is -10.5. The number of aryl methyl sites for hydroxylation is 1. The number of ether oxygens (including phenoxy) is 1. The van der Waals surface area contributed by atoms with Gasteiger partial charge in [0.2, 0.25) is 70.9 Å². The summed E-state index contributed by atoms with van der Waals surface area (Å²) in [6, 6.07) is -2.83. The summed E-state index contributed by atoms with van der Waals surface area (Å²) in [4.78, 5) is 190. The average molecular weight is 1500 g/mol. The number of morpholine rings is 1. The number of rotatable bonds is 10. The topological polar surface area (TPSA) is 279 Å². The maximum Gasteiger partial charge on any atom is 0.417 e. The van der Waals surface area contributed by atoms with Crippen molar-refractivity contribution in [1.29, 1.82) is 0 Å². The SMILES string of the molecule is CC[C@H](C)[C@@H]1NC(=O)[C@H](C2CCC2)N(C)C(=O)C[C@@H](C(=O)N2CCOCC2)N(C)C(=O)[C@H](C2CCCCC2)N(C)C(=O)C2(CCCC2)NC(=O)[C@@H]2CCCN2C(=O)[C@H](CCc2ccc(C(F)(F)F)c(Cl)c2)NC(=O)CN(C)C(=O)[C@H](Cc2ccc(C(F)(F)F)cc2)N(C)C(=O)CN(C)C(=O)CN(C)C1=O. The number of carbonyl (C=O) groups excluding carboxylic acids is 12. The van der Waals surface area contributed by atoms with Gasteiger partial charge in [-0.1, -0.05) is 88.6 Å². The van der Waals surface area contributed by atoms with Gasteiger partial charge >= 0.3 is 12.4 Å². The molecule has 0 aromatic heterocycles. The fourth-order valence-electron chi connectivity index (χ4n) is 15.3. The number of halogens is 7. The molecule has 3 N–H and O–H groups in total. The maximum absolute atomic E-state index is 15.8. The predicted octanol–water partition coefficient (Wildman–Crippen LogP) is 5.31. The van der Waals surface area contributed by atoms with Crippen LogP contribution in [0.25, 0.3) is 0 Å². The zero-order valence-corrected chi connectivity index (χ0v) is 62.1. The summed E-state index contributed by atoms with van der Waals surface area (Å²) in [5.41, 5.74) is -3.41. The molecule has 6 fully saturated rings. The molecule has 0 radical (unpaired) electrons. The molecule has 12 amide bonds. The van der Waals surface area contributed by atoms with Crippen molar-refractivity contribution < 1.29 is 88.6 Å². The molecule has 1 spiro atoms. The molecule has 25 nitrogen and oxygen atoms in total. The zero-order chi connectivity index (χ0) is 77.2. The van der Waals surface area contributed by atoms with Crippen molar-refractivity contribution >= 4 is 82.5 Å². The highest BCUT2D eigenvalue weighted by Crippen LogP contribution is 2.39. The Morgan fingerprint density at radius 3 is 1.79 bits per heavy atom. The van der Waals surface area contributed by atoms with Gasteiger partial charge in [-0.3, -0.25) is 57.5 Å². The van der Waals surface area contributed by atoms with E-state index in [-0.39, 0.29) is 82.5 Å². The van der Waals surface area contributed by atoms with Crippen LogP contribution in [-0.2, 0) is 87.5 Å². The number of fused-ring (bicyclic) bond motifs is 1. The molecule has 3 aliphatic heterocycles. The molecule has 105 heavy (non-hydrogen) atoms. The van der Waals surface area contributed by atoms with Crippen molar-refractivity contribution in [2.24, 2.45) is 17.8 Å². The molecule has 32 heteroatoms. The lowest BCUT2D eigenvalue weighted by molar-refractivity contribution is -0.158. The van der Waals surface area contributed by atoms with Crippen LogP contribution in [-0.4, -0.2) is 265 Å². The fraction of sp³-hybridized carbons (Fsp3) is 0.671. The lowest BCUT2D eigenvalue weighted by Crippen LogP contribution is -2.65. The molecule has 3 heterocycles. The standard InChI is InChI=1S/C73H101ClF6N12O13/c1-10-44(2)60-68(102)86(5)42-58(95)84(3)43-59(96)87(6)54(39-46-23-27-49(28-24-46)72(75,76)77)66(100)85(4)41-56(93)81-52(30-26-45-25-29-50(51(74)38-45)73(78,79)80)65(99)92-33-17-22-53(92)63(97)83-71(31-14-15-32-71)70(104)90(9)62(48-18-12-11-13-19-48)69(103)88(7)55(67(101)91-34-36-105-37-35-91)40-57(94)89(8)61(64(98)82-60)47-20-16-21-47/h23-25,27-29,38,44,47-48,52-55,60-62H,10-22,26,30-37,39-43H2,1-9H3,(H,81,93)(H,82,98)(H,83,97)/t44-,52-,53-,54-,55-,60-,61-,62-/m0/s1. The molecular formula is C73H101ClF6N12O13. The van der Waals surface area contributed by atoms with Gasteiger partial charge in [0.25, 0.3) is 0 Å². The third kappa shape index (κ3) is 19.9. The Labute approximate surface area is 614 Å². The number of nitrogens with one attached hydrogen (secondary N) is 3. The van der Waals surface area contributed by atoms with Crippen LogP contribution in [0.3, 0.4) is 0 Å². The molecule has 8 rings (SSSR count). The molecule has 0 unspecified atom stereocenters. The zero-order valence-electron chi connectivity index (χ0n) is 61.4. The number of alkyl halides is 6. The first-order chi connectivity index (χ1) is 49.5. The first kappa shape index (κ1) is 82.6. The number of hydrogen-bond donors (Lipinski definition) is 3. The van der Waals surface area contributed by atoms with E-state index in [1.54, 1.807) is 13.8 Å². The first-order valence-electron chi connectivity index (χ1n) is 36.4. The van der Waals surface area contributed by atoms with Crippen LogP contribution in [0.5, 0.6) is 0 Å². The van der Waals surface area contributed by atoms with Gasteiger partial charge in [0.1, 0.15) is 47.8 Å². The van der Waals surface area contributed by atoms with Crippen LogP contribution < -0.4 is 16.0 Å².